The zero-order valence-corrected chi connectivity index (χ0v) is 12.3. The van der Waals surface area contributed by atoms with E-state index in [9.17, 15) is 4.79 Å². The van der Waals surface area contributed by atoms with Gasteiger partial charge in [-0.2, -0.15) is 5.26 Å². The largest absolute Gasteiger partial charge is 0.464 e. The molecule has 1 rings (SSSR count). The Bertz CT molecular complexity index is 387. The van der Waals surface area contributed by atoms with Gasteiger partial charge >= 0.3 is 5.97 Å². The summed E-state index contributed by atoms with van der Waals surface area (Å²) in [6, 6.07) is 4.91. The summed E-state index contributed by atoms with van der Waals surface area (Å²) in [4.78, 5) is 14.8. The van der Waals surface area contributed by atoms with Crippen molar-refractivity contribution in [1.82, 2.24) is 4.98 Å². The van der Waals surface area contributed by atoms with Crippen molar-refractivity contribution in [3.8, 4) is 6.07 Å². The highest BCUT2D eigenvalue weighted by molar-refractivity contribution is 9.10. The second kappa shape index (κ2) is 11.1. The Hall–Kier alpha value is -1.41. The Labute approximate surface area is 111 Å². The second-order valence-electron chi connectivity index (χ2n) is 2.13. The fourth-order valence-corrected chi connectivity index (χ4v) is 1.05. The number of esters is 1. The molecular formula is C12H17BrN2O2. The number of rotatable bonds is 1. The fraction of sp³-hybridized carbons (Fsp3) is 0.417. The monoisotopic (exact) mass is 300 g/mol. The molecule has 4 nitrogen and oxygen atoms in total. The summed E-state index contributed by atoms with van der Waals surface area (Å²) in [5, 5.41) is 8.60. The molecule has 17 heavy (non-hydrogen) atoms. The molecular weight excluding hydrogens is 284 g/mol. The van der Waals surface area contributed by atoms with Crippen LogP contribution in [0.5, 0.6) is 0 Å². The second-order valence-corrected chi connectivity index (χ2v) is 2.98. The van der Waals surface area contributed by atoms with Gasteiger partial charge in [0.2, 0.25) is 0 Å². The van der Waals surface area contributed by atoms with Crippen LogP contribution in [0.15, 0.2) is 16.6 Å². The predicted molar refractivity (Wildman–Crippen MR) is 70.7 cm³/mol. The molecule has 1 heterocycles. The van der Waals surface area contributed by atoms with Crippen molar-refractivity contribution in [1.29, 1.82) is 5.26 Å². The van der Waals surface area contributed by atoms with Gasteiger partial charge < -0.3 is 4.74 Å². The number of carbonyl (C=O) groups is 1. The van der Waals surface area contributed by atoms with Crippen LogP contribution < -0.4 is 0 Å². The Kier molecular flexibility index (Phi) is 11.7. The molecule has 0 spiro atoms. The van der Waals surface area contributed by atoms with Crippen molar-refractivity contribution >= 4 is 21.9 Å². The fourth-order valence-electron chi connectivity index (χ4n) is 0.739. The summed E-state index contributed by atoms with van der Waals surface area (Å²) >= 11 is 3.12. The van der Waals surface area contributed by atoms with Crippen LogP contribution in [0.1, 0.15) is 43.9 Å². The topological polar surface area (TPSA) is 63.0 Å². The van der Waals surface area contributed by atoms with Crippen LogP contribution in [0, 0.1) is 11.3 Å². The Morgan fingerprint density at radius 2 is 1.88 bits per heavy atom. The lowest BCUT2D eigenvalue weighted by Gasteiger charge is -1.99. The summed E-state index contributed by atoms with van der Waals surface area (Å²) in [6.07, 6.45) is 0. The summed E-state index contributed by atoms with van der Waals surface area (Å²) < 4.78 is 5.01. The molecule has 94 valence electrons. The number of hydrogen-bond donors (Lipinski definition) is 0. The maximum atomic E-state index is 11.0. The van der Waals surface area contributed by atoms with E-state index in [2.05, 4.69) is 25.7 Å². The number of methoxy groups -OCH3 is 1. The maximum Gasteiger partial charge on any atom is 0.356 e. The van der Waals surface area contributed by atoms with Gasteiger partial charge in [0.1, 0.15) is 11.8 Å². The summed E-state index contributed by atoms with van der Waals surface area (Å²) in [6.45, 7) is 8.00. The molecule has 0 amide bonds. The first-order valence-electron chi connectivity index (χ1n) is 5.34. The first kappa shape index (κ1) is 18.0. The standard InChI is InChI=1S/C8H5BrN2O2.2C2H6/c1-13-8(12)6-3-2-5(9)7(4-10)11-6;2*1-2/h2-3H,1H3;2*1-2H3. The molecule has 0 aromatic carbocycles. The predicted octanol–water partition coefficient (Wildman–Crippen LogP) is 3.55. The third-order valence-electron chi connectivity index (χ3n) is 1.35. The van der Waals surface area contributed by atoms with Crippen molar-refractivity contribution in [2.24, 2.45) is 0 Å². The van der Waals surface area contributed by atoms with Gasteiger partial charge in [-0.25, -0.2) is 9.78 Å². The molecule has 5 heteroatoms. The molecule has 0 aliphatic carbocycles. The van der Waals surface area contributed by atoms with Crippen LogP contribution in [0.25, 0.3) is 0 Å². The first-order valence-corrected chi connectivity index (χ1v) is 6.13. The van der Waals surface area contributed by atoms with E-state index in [-0.39, 0.29) is 11.4 Å². The Morgan fingerprint density at radius 1 is 1.35 bits per heavy atom. The van der Waals surface area contributed by atoms with Gasteiger partial charge in [0, 0.05) is 0 Å². The van der Waals surface area contributed by atoms with Crippen molar-refractivity contribution < 1.29 is 9.53 Å². The SMILES string of the molecule is CC.CC.COC(=O)c1ccc(Br)c(C#N)n1. The number of carbonyl (C=O) groups excluding carboxylic acids is 1. The van der Waals surface area contributed by atoms with Crippen LogP contribution in [0.2, 0.25) is 0 Å². The first-order chi connectivity index (χ1) is 8.19. The Morgan fingerprint density at radius 3 is 2.29 bits per heavy atom. The highest BCUT2D eigenvalue weighted by Crippen LogP contribution is 2.14. The average Bonchev–Trinajstić information content (AvgIpc) is 2.43. The molecule has 0 aliphatic rings. The van der Waals surface area contributed by atoms with E-state index < -0.39 is 5.97 Å². The minimum atomic E-state index is -0.552. The smallest absolute Gasteiger partial charge is 0.356 e. The van der Waals surface area contributed by atoms with Gasteiger partial charge in [0.05, 0.1) is 11.6 Å². The summed E-state index contributed by atoms with van der Waals surface area (Å²) in [7, 11) is 1.26. The minimum absolute atomic E-state index is 0.127. The third kappa shape index (κ3) is 6.03. The molecule has 1 aromatic heterocycles. The van der Waals surface area contributed by atoms with E-state index in [0.717, 1.165) is 0 Å². The van der Waals surface area contributed by atoms with Crippen LogP contribution >= 0.6 is 15.9 Å². The van der Waals surface area contributed by atoms with E-state index >= 15 is 0 Å². The van der Waals surface area contributed by atoms with Crippen molar-refractivity contribution in [2.75, 3.05) is 7.11 Å². The van der Waals surface area contributed by atoms with Crippen LogP contribution in [0.3, 0.4) is 0 Å². The molecule has 0 atom stereocenters. The molecule has 1 aromatic rings. The number of nitriles is 1. The molecule has 0 aliphatic heterocycles. The Balaban J connectivity index is 0. The lowest BCUT2D eigenvalue weighted by Crippen LogP contribution is -2.05. The van der Waals surface area contributed by atoms with Crippen molar-refractivity contribution in [3.05, 3.63) is 28.0 Å². The molecule has 0 fully saturated rings. The number of hydrogen-bond acceptors (Lipinski definition) is 4. The highest BCUT2D eigenvalue weighted by Gasteiger charge is 2.09. The molecule has 0 N–H and O–H groups in total. The van der Waals surface area contributed by atoms with E-state index in [1.807, 2.05) is 33.8 Å². The number of nitrogens with zero attached hydrogens (tertiary/aromatic N) is 2. The number of halogens is 1. The van der Waals surface area contributed by atoms with Crippen LogP contribution in [-0.4, -0.2) is 18.1 Å². The van der Waals surface area contributed by atoms with Crippen molar-refractivity contribution in [2.45, 2.75) is 27.7 Å². The van der Waals surface area contributed by atoms with Gasteiger partial charge in [-0.1, -0.05) is 27.7 Å². The number of aromatic nitrogens is 1. The van der Waals surface area contributed by atoms with Crippen LogP contribution in [-0.2, 0) is 4.74 Å². The van der Waals surface area contributed by atoms with E-state index in [1.54, 1.807) is 6.07 Å². The van der Waals surface area contributed by atoms with Gasteiger partial charge in [0.25, 0.3) is 0 Å². The van der Waals surface area contributed by atoms with Crippen LogP contribution in [0.4, 0.5) is 0 Å². The van der Waals surface area contributed by atoms with Crippen molar-refractivity contribution in [3.63, 3.8) is 0 Å². The average molecular weight is 301 g/mol. The lowest BCUT2D eigenvalue weighted by atomic mass is 10.3. The highest BCUT2D eigenvalue weighted by atomic mass is 79.9. The van der Waals surface area contributed by atoms with E-state index in [1.165, 1.54) is 13.2 Å². The van der Waals surface area contributed by atoms with E-state index in [4.69, 9.17) is 5.26 Å². The zero-order chi connectivity index (χ0) is 13.8. The summed E-state index contributed by atoms with van der Waals surface area (Å²) in [5.74, 6) is -0.552. The lowest BCUT2D eigenvalue weighted by molar-refractivity contribution is 0.0594. The minimum Gasteiger partial charge on any atom is -0.464 e. The number of ether oxygens (including phenoxy) is 1. The van der Waals surface area contributed by atoms with Gasteiger partial charge in [0.15, 0.2) is 5.69 Å². The molecule has 0 radical (unpaired) electrons. The third-order valence-corrected chi connectivity index (χ3v) is 1.99. The quantitative estimate of drug-likeness (QED) is 0.744. The van der Waals surface area contributed by atoms with E-state index in [0.29, 0.717) is 4.47 Å². The summed E-state index contributed by atoms with van der Waals surface area (Å²) in [5.41, 5.74) is 0.296. The molecule has 0 saturated heterocycles. The van der Waals surface area contributed by atoms with Gasteiger partial charge in [-0.15, -0.1) is 0 Å². The molecule has 0 unspecified atom stereocenters. The normalized spacial score (nSPS) is 7.59. The van der Waals surface area contributed by atoms with Gasteiger partial charge in [-0.3, -0.25) is 0 Å². The number of pyridine rings is 1. The zero-order valence-electron chi connectivity index (χ0n) is 10.7. The van der Waals surface area contributed by atoms with Gasteiger partial charge in [-0.05, 0) is 28.1 Å². The molecule has 0 bridgehead atoms. The molecule has 0 saturated carbocycles. The maximum absolute atomic E-state index is 11.0.